The quantitative estimate of drug-likeness (QED) is 0.170. The first-order chi connectivity index (χ1) is 27.2. The fraction of sp³-hybridized carbons (Fsp3) is 0.120. The Morgan fingerprint density at radius 1 is 0.375 bits per heavy atom. The first-order valence-corrected chi connectivity index (χ1v) is 18.7. The lowest BCUT2D eigenvalue weighted by Crippen LogP contribution is -2.30. The van der Waals surface area contributed by atoms with Crippen LogP contribution in [0.5, 0.6) is 23.0 Å². The monoisotopic (exact) mass is 726 g/mol. The van der Waals surface area contributed by atoms with Crippen molar-refractivity contribution in [1.29, 1.82) is 10.5 Å². The molecule has 0 N–H and O–H groups in total. The molecule has 0 fully saturated rings. The minimum atomic E-state index is -0.221. The van der Waals surface area contributed by atoms with Crippen molar-refractivity contribution < 1.29 is 9.47 Å². The number of ether oxygens (including phenoxy) is 2. The molecule has 270 valence electrons. The number of hydrogen-bond donors (Lipinski definition) is 0. The van der Waals surface area contributed by atoms with Crippen LogP contribution in [0.2, 0.25) is 0 Å². The summed E-state index contributed by atoms with van der Waals surface area (Å²) in [6, 6.07) is 57.1. The van der Waals surface area contributed by atoms with Crippen molar-refractivity contribution in [3.63, 3.8) is 0 Å². The number of hydrogen-bond acceptors (Lipinski definition) is 6. The van der Waals surface area contributed by atoms with Gasteiger partial charge in [-0.1, -0.05) is 125 Å². The molecule has 0 saturated carbocycles. The summed E-state index contributed by atoms with van der Waals surface area (Å²) >= 11 is 0. The molecule has 0 radical (unpaired) electrons. The molecule has 6 heteroatoms. The minimum absolute atomic E-state index is 0.221. The van der Waals surface area contributed by atoms with Gasteiger partial charge in [0.15, 0.2) is 11.5 Å². The smallest absolute Gasteiger partial charge is 0.151 e. The van der Waals surface area contributed by atoms with E-state index in [2.05, 4.69) is 122 Å². The topological polar surface area (TPSA) is 72.5 Å². The van der Waals surface area contributed by atoms with Crippen LogP contribution in [0.1, 0.15) is 61.1 Å². The van der Waals surface area contributed by atoms with E-state index in [0.717, 1.165) is 34.1 Å². The number of para-hydroxylation sites is 8. The Morgan fingerprint density at radius 2 is 0.643 bits per heavy atom. The molecule has 0 unspecified atom stereocenters. The Bertz CT molecular complexity index is 2480. The first kappa shape index (κ1) is 34.5. The van der Waals surface area contributed by atoms with Crippen LogP contribution in [0, 0.1) is 22.7 Å². The van der Waals surface area contributed by atoms with Crippen LogP contribution >= 0.6 is 0 Å². The lowest BCUT2D eigenvalue weighted by Gasteiger charge is -2.42. The fourth-order valence-electron chi connectivity index (χ4n) is 8.45. The Morgan fingerprint density at radius 3 is 0.946 bits per heavy atom. The number of rotatable bonds is 6. The largest absolute Gasteiger partial charge is 0.454 e. The molecule has 0 amide bonds. The van der Waals surface area contributed by atoms with Crippen LogP contribution in [-0.2, 0) is 10.8 Å². The van der Waals surface area contributed by atoms with Crippen molar-refractivity contribution in [3.8, 4) is 35.1 Å². The number of benzene rings is 7. The van der Waals surface area contributed by atoms with Gasteiger partial charge in [0.05, 0.1) is 45.3 Å². The summed E-state index contributed by atoms with van der Waals surface area (Å²) in [7, 11) is 0. The highest BCUT2D eigenvalue weighted by Crippen LogP contribution is 2.55. The summed E-state index contributed by atoms with van der Waals surface area (Å²) in [4.78, 5) is 4.43. The molecule has 0 aromatic heterocycles. The SMILES string of the molecule is CC1(C)c2ccccc2N(c2ccccc2Oc2cc(C#N)c(Oc3ccccc3N3c4ccccc4C(C)(C)c4ccccc43)cc2C#N)c2ccccc21. The molecule has 0 spiro atoms. The van der Waals surface area contributed by atoms with E-state index in [4.69, 9.17) is 9.47 Å². The molecule has 9 rings (SSSR count). The van der Waals surface area contributed by atoms with Gasteiger partial charge in [0.25, 0.3) is 0 Å². The maximum absolute atomic E-state index is 10.5. The maximum Gasteiger partial charge on any atom is 0.151 e. The Balaban J connectivity index is 1.11. The van der Waals surface area contributed by atoms with Gasteiger partial charge in [-0.3, -0.25) is 0 Å². The van der Waals surface area contributed by atoms with Gasteiger partial charge >= 0.3 is 0 Å². The number of fused-ring (bicyclic) bond motifs is 4. The molecule has 7 aromatic rings. The molecule has 7 aromatic carbocycles. The molecule has 2 heterocycles. The lowest BCUT2D eigenvalue weighted by atomic mass is 9.73. The summed E-state index contributed by atoms with van der Waals surface area (Å²) in [5.74, 6) is 1.61. The zero-order chi connectivity index (χ0) is 38.6. The van der Waals surface area contributed by atoms with Gasteiger partial charge in [-0.25, -0.2) is 0 Å². The van der Waals surface area contributed by atoms with Crippen molar-refractivity contribution in [1.82, 2.24) is 0 Å². The van der Waals surface area contributed by atoms with Crippen molar-refractivity contribution in [2.75, 3.05) is 9.80 Å². The highest BCUT2D eigenvalue weighted by Gasteiger charge is 2.39. The average Bonchev–Trinajstić information content (AvgIpc) is 3.22. The van der Waals surface area contributed by atoms with E-state index in [-0.39, 0.29) is 33.5 Å². The molecule has 0 saturated heterocycles. The van der Waals surface area contributed by atoms with Crippen LogP contribution < -0.4 is 19.3 Å². The molecule has 56 heavy (non-hydrogen) atoms. The normalized spacial score (nSPS) is 14.2. The van der Waals surface area contributed by atoms with E-state index in [9.17, 15) is 10.5 Å². The molecule has 2 aliphatic rings. The number of anilines is 6. The number of nitrogens with zero attached hydrogens (tertiary/aromatic N) is 4. The number of nitriles is 2. The molecule has 0 aliphatic carbocycles. The van der Waals surface area contributed by atoms with Crippen molar-refractivity contribution in [2.24, 2.45) is 0 Å². The van der Waals surface area contributed by atoms with E-state index < -0.39 is 0 Å². The summed E-state index contributed by atoms with van der Waals surface area (Å²) in [6.45, 7) is 9.00. The van der Waals surface area contributed by atoms with Crippen molar-refractivity contribution >= 4 is 34.1 Å². The summed E-state index contributed by atoms with van der Waals surface area (Å²) < 4.78 is 13.3. The fourth-order valence-corrected chi connectivity index (χ4v) is 8.45. The Labute approximate surface area is 327 Å². The van der Waals surface area contributed by atoms with E-state index in [1.807, 2.05) is 72.8 Å². The van der Waals surface area contributed by atoms with Gasteiger partial charge in [-0.15, -0.1) is 0 Å². The van der Waals surface area contributed by atoms with Crippen LogP contribution in [0.15, 0.2) is 158 Å². The third-order valence-corrected chi connectivity index (χ3v) is 11.2. The molecular formula is C50H38N4O2. The predicted molar refractivity (Wildman–Crippen MR) is 223 cm³/mol. The lowest BCUT2D eigenvalue weighted by molar-refractivity contribution is 0.467. The van der Waals surface area contributed by atoms with E-state index in [1.54, 1.807) is 12.1 Å². The summed E-state index contributed by atoms with van der Waals surface area (Å²) in [5.41, 5.74) is 10.6. The van der Waals surface area contributed by atoms with Crippen molar-refractivity contribution in [2.45, 2.75) is 38.5 Å². The second-order valence-corrected chi connectivity index (χ2v) is 15.2. The highest BCUT2D eigenvalue weighted by molar-refractivity contribution is 5.89. The second kappa shape index (κ2) is 13.2. The van der Waals surface area contributed by atoms with Crippen LogP contribution in [0.25, 0.3) is 0 Å². The van der Waals surface area contributed by atoms with Crippen LogP contribution in [0.3, 0.4) is 0 Å². The van der Waals surface area contributed by atoms with Crippen LogP contribution in [0.4, 0.5) is 34.1 Å². The third kappa shape index (κ3) is 5.38. The molecule has 6 nitrogen and oxygen atoms in total. The molecular weight excluding hydrogens is 689 g/mol. The minimum Gasteiger partial charge on any atom is -0.454 e. The molecule has 0 bridgehead atoms. The van der Waals surface area contributed by atoms with Crippen molar-refractivity contribution in [3.05, 3.63) is 191 Å². The van der Waals surface area contributed by atoms with Gasteiger partial charge in [0.1, 0.15) is 23.6 Å². The van der Waals surface area contributed by atoms with E-state index in [1.165, 1.54) is 22.3 Å². The molecule has 0 atom stereocenters. The van der Waals surface area contributed by atoms with Gasteiger partial charge < -0.3 is 19.3 Å². The predicted octanol–water partition coefficient (Wildman–Crippen LogP) is 13.2. The first-order valence-electron chi connectivity index (χ1n) is 18.7. The summed E-state index contributed by atoms with van der Waals surface area (Å²) in [6.07, 6.45) is 0. The van der Waals surface area contributed by atoms with Gasteiger partial charge in [-0.2, -0.15) is 10.5 Å². The maximum atomic E-state index is 10.5. The summed E-state index contributed by atoms with van der Waals surface area (Å²) in [5, 5.41) is 21.1. The highest BCUT2D eigenvalue weighted by atomic mass is 16.5. The average molecular weight is 727 g/mol. The van der Waals surface area contributed by atoms with E-state index >= 15 is 0 Å². The Kier molecular flexibility index (Phi) is 8.15. The third-order valence-electron chi connectivity index (χ3n) is 11.2. The van der Waals surface area contributed by atoms with Crippen LogP contribution in [-0.4, -0.2) is 0 Å². The second-order valence-electron chi connectivity index (χ2n) is 15.2. The molecule has 2 aliphatic heterocycles. The van der Waals surface area contributed by atoms with Gasteiger partial charge in [-0.05, 0) is 70.8 Å². The van der Waals surface area contributed by atoms with Gasteiger partial charge in [0.2, 0.25) is 0 Å². The van der Waals surface area contributed by atoms with E-state index in [0.29, 0.717) is 11.5 Å². The zero-order valence-corrected chi connectivity index (χ0v) is 31.6. The Hall–Kier alpha value is -7.28. The standard InChI is InChI=1S/C50H38N4O2/c1-49(2)35-17-5-9-21-39(35)53(40-22-10-6-18-36(40)49)43-25-13-15-27-45(43)55-47-29-34(32-52)48(30-33(47)31-51)56-46-28-16-14-26-44(46)54-41-23-11-7-19-37(41)50(3,4)38-20-8-12-24-42(38)54/h5-30H,1-4H3. The van der Waals surface area contributed by atoms with Gasteiger partial charge in [0, 0.05) is 23.0 Å². The zero-order valence-electron chi connectivity index (χ0n) is 31.6.